The zero-order valence-electron chi connectivity index (χ0n) is 32.4. The van der Waals surface area contributed by atoms with Crippen LogP contribution in [-0.2, 0) is 12.8 Å². The van der Waals surface area contributed by atoms with E-state index in [2.05, 4.69) is 206 Å². The molecule has 0 unspecified atom stereocenters. The van der Waals surface area contributed by atoms with Gasteiger partial charge >= 0.3 is 0 Å². The molecule has 0 fully saturated rings. The van der Waals surface area contributed by atoms with E-state index >= 15 is 0 Å². The maximum absolute atomic E-state index is 6.75. The summed E-state index contributed by atoms with van der Waals surface area (Å²) in [5.41, 5.74) is 12.5. The minimum atomic E-state index is 0.775. The van der Waals surface area contributed by atoms with Crippen molar-refractivity contribution in [2.45, 2.75) is 26.7 Å². The molecule has 0 N–H and O–H groups in total. The van der Waals surface area contributed by atoms with Gasteiger partial charge in [0.05, 0.1) is 0 Å². The highest BCUT2D eigenvalue weighted by molar-refractivity contribution is 6.21. The van der Waals surface area contributed by atoms with E-state index < -0.39 is 0 Å². The molecular formula is C54H40N2O2. The van der Waals surface area contributed by atoms with E-state index in [0.29, 0.717) is 0 Å². The molecule has 4 nitrogen and oxygen atoms in total. The fourth-order valence-corrected chi connectivity index (χ4v) is 8.62. The Morgan fingerprint density at radius 3 is 1.10 bits per heavy atom. The first-order valence-electron chi connectivity index (χ1n) is 20.2. The second-order valence-electron chi connectivity index (χ2n) is 15.2. The van der Waals surface area contributed by atoms with Crippen molar-refractivity contribution in [2.24, 2.45) is 0 Å². The van der Waals surface area contributed by atoms with Gasteiger partial charge in [0.15, 0.2) is 11.2 Å². The van der Waals surface area contributed by atoms with Gasteiger partial charge in [-0.3, -0.25) is 0 Å². The summed E-state index contributed by atoms with van der Waals surface area (Å²) < 4.78 is 13.5. The molecule has 0 atom stereocenters. The van der Waals surface area contributed by atoms with Crippen molar-refractivity contribution in [1.82, 2.24) is 0 Å². The number of aryl methyl sites for hydroxylation is 2. The molecule has 11 rings (SSSR count). The van der Waals surface area contributed by atoms with Crippen LogP contribution >= 0.6 is 0 Å². The molecule has 9 aromatic carbocycles. The van der Waals surface area contributed by atoms with Crippen LogP contribution < -0.4 is 9.80 Å². The van der Waals surface area contributed by atoms with Crippen molar-refractivity contribution in [3.8, 4) is 0 Å². The third-order valence-electron chi connectivity index (χ3n) is 11.7. The summed E-state index contributed by atoms with van der Waals surface area (Å²) in [6.45, 7) is 4.38. The Hall–Kier alpha value is -7.30. The van der Waals surface area contributed by atoms with Gasteiger partial charge in [-0.2, -0.15) is 0 Å². The number of anilines is 6. The van der Waals surface area contributed by atoms with Crippen molar-refractivity contribution in [1.29, 1.82) is 0 Å². The largest absolute Gasteiger partial charge is 0.452 e. The second-order valence-corrected chi connectivity index (χ2v) is 15.2. The normalized spacial score (nSPS) is 11.8. The van der Waals surface area contributed by atoms with E-state index in [1.54, 1.807) is 0 Å². The first-order valence-corrected chi connectivity index (χ1v) is 20.2. The van der Waals surface area contributed by atoms with E-state index in [9.17, 15) is 0 Å². The molecule has 0 saturated carbocycles. The van der Waals surface area contributed by atoms with Crippen LogP contribution in [0, 0.1) is 0 Å². The fraction of sp³-hybridized carbons (Fsp3) is 0.0741. The predicted molar refractivity (Wildman–Crippen MR) is 244 cm³/mol. The minimum Gasteiger partial charge on any atom is -0.452 e. The van der Waals surface area contributed by atoms with Crippen molar-refractivity contribution in [2.75, 3.05) is 9.80 Å². The third-order valence-corrected chi connectivity index (χ3v) is 11.7. The zero-order chi connectivity index (χ0) is 38.7. The number of fused-ring (bicyclic) bond motifs is 9. The van der Waals surface area contributed by atoms with Gasteiger partial charge in [-0.05, 0) is 155 Å². The average molecular weight is 749 g/mol. The first-order chi connectivity index (χ1) is 28.6. The maximum Gasteiger partial charge on any atom is 0.178 e. The lowest BCUT2D eigenvalue weighted by Crippen LogP contribution is -2.09. The van der Waals surface area contributed by atoms with Crippen LogP contribution in [0.1, 0.15) is 25.0 Å². The van der Waals surface area contributed by atoms with Gasteiger partial charge in [-0.25, -0.2) is 0 Å². The first kappa shape index (κ1) is 34.0. The molecule has 0 spiro atoms. The summed E-state index contributed by atoms with van der Waals surface area (Å²) in [6.07, 6.45) is 2.02. The van der Waals surface area contributed by atoms with E-state index in [1.807, 2.05) is 0 Å². The van der Waals surface area contributed by atoms with Crippen LogP contribution in [0.4, 0.5) is 34.1 Å². The highest BCUT2D eigenvalue weighted by Gasteiger charge is 2.19. The Balaban J connectivity index is 1.01. The number of rotatable bonds is 8. The molecule has 0 bridgehead atoms. The third kappa shape index (κ3) is 5.68. The predicted octanol–water partition coefficient (Wildman–Crippen LogP) is 15.9. The molecule has 0 aliphatic carbocycles. The van der Waals surface area contributed by atoms with Gasteiger partial charge in [0.25, 0.3) is 0 Å². The van der Waals surface area contributed by atoms with Gasteiger partial charge < -0.3 is 18.6 Å². The monoisotopic (exact) mass is 748 g/mol. The van der Waals surface area contributed by atoms with Crippen molar-refractivity contribution >= 4 is 99.5 Å². The SMILES string of the molecule is CCc1ccc(N(c2ccccc2)c2ccc3cc4c(cc3c2)oc2c4ccc3c4cc5ccc(N(c6ccccc6)c6ccc(CC)cc6)cc5cc4oc32)cc1. The molecule has 4 heteroatoms. The molecule has 278 valence electrons. The molecule has 11 aromatic rings. The second kappa shape index (κ2) is 13.7. The van der Waals surface area contributed by atoms with Crippen LogP contribution in [-0.4, -0.2) is 0 Å². The number of hydrogen-bond donors (Lipinski definition) is 0. The Morgan fingerprint density at radius 2 is 0.707 bits per heavy atom. The van der Waals surface area contributed by atoms with E-state index in [4.69, 9.17) is 8.83 Å². The molecule has 0 radical (unpaired) electrons. The molecule has 0 aliphatic heterocycles. The van der Waals surface area contributed by atoms with Crippen LogP contribution in [0.15, 0.2) is 191 Å². The molecule has 58 heavy (non-hydrogen) atoms. The summed E-state index contributed by atoms with van der Waals surface area (Å²) in [7, 11) is 0. The number of para-hydroxylation sites is 2. The number of benzene rings is 9. The standard InChI is InChI=1S/C54H40N2O2/c1-3-35-15-21-43(22-16-35)55(41-11-7-5-8-12-41)45-25-19-37-31-49-47-27-28-48-50-32-38-20-26-46(56(42-13-9-6-10-14-42)44-23-17-36(4-2)18-24-44)30-40(38)34-52(50)58-54(48)53(47)57-51(49)33-39(37)29-45/h5-34H,3-4H2,1-2H3. The molecule has 2 aromatic heterocycles. The van der Waals surface area contributed by atoms with Crippen LogP contribution in [0.2, 0.25) is 0 Å². The van der Waals surface area contributed by atoms with E-state index in [1.165, 1.54) is 11.1 Å². The Kier molecular flexibility index (Phi) is 8.04. The van der Waals surface area contributed by atoms with E-state index in [-0.39, 0.29) is 0 Å². The Morgan fingerprint density at radius 1 is 0.328 bits per heavy atom. The van der Waals surface area contributed by atoms with Crippen LogP contribution in [0.5, 0.6) is 0 Å². The summed E-state index contributed by atoms with van der Waals surface area (Å²) in [4.78, 5) is 4.63. The molecule has 0 amide bonds. The number of hydrogen-bond acceptors (Lipinski definition) is 4. The summed E-state index contributed by atoms with van der Waals surface area (Å²) in [6, 6.07) is 65.5. The lowest BCUT2D eigenvalue weighted by Gasteiger charge is -2.26. The van der Waals surface area contributed by atoms with Crippen molar-refractivity contribution in [3.05, 3.63) is 193 Å². The lowest BCUT2D eigenvalue weighted by atomic mass is 10.0. The quantitative estimate of drug-likeness (QED) is 0.155. The Bertz CT molecular complexity index is 3070. The lowest BCUT2D eigenvalue weighted by molar-refractivity contribution is 0.634. The zero-order valence-corrected chi connectivity index (χ0v) is 32.4. The van der Waals surface area contributed by atoms with Gasteiger partial charge in [0.2, 0.25) is 0 Å². The van der Waals surface area contributed by atoms with Crippen LogP contribution in [0.3, 0.4) is 0 Å². The summed E-state index contributed by atoms with van der Waals surface area (Å²) in [5.74, 6) is 0. The molecule has 0 saturated heterocycles. The van der Waals surface area contributed by atoms with Crippen LogP contribution in [0.25, 0.3) is 65.4 Å². The van der Waals surface area contributed by atoms with Crippen molar-refractivity contribution in [3.63, 3.8) is 0 Å². The van der Waals surface area contributed by atoms with Gasteiger partial charge in [-0.1, -0.05) is 86.6 Å². The topological polar surface area (TPSA) is 32.8 Å². The maximum atomic E-state index is 6.75. The molecule has 2 heterocycles. The van der Waals surface area contributed by atoms with Gasteiger partial charge in [0.1, 0.15) is 11.2 Å². The summed E-state index contributed by atoms with van der Waals surface area (Å²) >= 11 is 0. The fourth-order valence-electron chi connectivity index (χ4n) is 8.62. The van der Waals surface area contributed by atoms with Gasteiger partial charge in [0, 0.05) is 55.7 Å². The smallest absolute Gasteiger partial charge is 0.178 e. The van der Waals surface area contributed by atoms with Gasteiger partial charge in [-0.15, -0.1) is 0 Å². The number of nitrogens with zero attached hydrogens (tertiary/aromatic N) is 2. The Labute approximate surface area is 336 Å². The molecule has 0 aliphatic rings. The highest BCUT2D eigenvalue weighted by Crippen LogP contribution is 2.43. The van der Waals surface area contributed by atoms with Crippen molar-refractivity contribution < 1.29 is 8.83 Å². The summed E-state index contributed by atoms with van der Waals surface area (Å²) in [5, 5.41) is 8.80. The molecular weight excluding hydrogens is 709 g/mol. The highest BCUT2D eigenvalue weighted by atomic mass is 16.4. The number of furan rings is 2. The average Bonchev–Trinajstić information content (AvgIpc) is 3.83. The van der Waals surface area contributed by atoms with E-state index in [0.717, 1.165) is 112 Å². The minimum absolute atomic E-state index is 0.775.